The van der Waals surface area contributed by atoms with Gasteiger partial charge in [0.1, 0.15) is 5.69 Å². The first-order chi connectivity index (χ1) is 16.9. The molecular weight excluding hydrogens is 517 g/mol. The largest absolute Gasteiger partial charge is 0.505 e. The standard InChI is InChI=1S/C22H12Cl3N7O3/c23-11-2-1-3-12(8-11)32-16(28-30-21(32)13-4-5-14(24)20(34)19(13)25)6-7-18-29-31-22(35-18)15-9-17(33)27-10-26-15/h1-10,34H,(H,26,27,33)/b7-6+. The van der Waals surface area contributed by atoms with Crippen LogP contribution in [-0.4, -0.2) is 40.0 Å². The fourth-order valence-electron chi connectivity index (χ4n) is 3.20. The smallest absolute Gasteiger partial charge is 0.266 e. The molecule has 0 aliphatic heterocycles. The molecule has 0 amide bonds. The fraction of sp³-hybridized carbons (Fsp3) is 0. The summed E-state index contributed by atoms with van der Waals surface area (Å²) in [5, 5.41) is 27.2. The van der Waals surface area contributed by atoms with Crippen LogP contribution in [-0.2, 0) is 0 Å². The molecule has 5 aromatic rings. The van der Waals surface area contributed by atoms with Gasteiger partial charge in [-0.15, -0.1) is 20.4 Å². The lowest BCUT2D eigenvalue weighted by molar-refractivity contribution is 0.476. The minimum absolute atomic E-state index is 0.0237. The summed E-state index contributed by atoms with van der Waals surface area (Å²) in [7, 11) is 0. The Kier molecular flexibility index (Phi) is 6.08. The number of phenols is 1. The molecule has 174 valence electrons. The average Bonchev–Trinajstić information content (AvgIpc) is 3.49. The maximum absolute atomic E-state index is 11.5. The summed E-state index contributed by atoms with van der Waals surface area (Å²) in [4.78, 5) is 17.9. The van der Waals surface area contributed by atoms with Gasteiger partial charge in [-0.1, -0.05) is 40.9 Å². The molecule has 3 heterocycles. The minimum atomic E-state index is -0.348. The molecule has 2 N–H and O–H groups in total. The van der Waals surface area contributed by atoms with Gasteiger partial charge in [0, 0.05) is 22.7 Å². The summed E-state index contributed by atoms with van der Waals surface area (Å²) in [5.74, 6) is 0.669. The third kappa shape index (κ3) is 4.54. The molecule has 0 fully saturated rings. The first-order valence-corrected chi connectivity index (χ1v) is 11.0. The highest BCUT2D eigenvalue weighted by atomic mass is 35.5. The Morgan fingerprint density at radius 2 is 1.86 bits per heavy atom. The normalized spacial score (nSPS) is 11.4. The average molecular weight is 529 g/mol. The number of aromatic amines is 1. The number of nitrogens with one attached hydrogen (secondary N) is 1. The van der Waals surface area contributed by atoms with Crippen LogP contribution in [0.4, 0.5) is 0 Å². The third-order valence-electron chi connectivity index (χ3n) is 4.78. The molecule has 0 radical (unpaired) electrons. The molecule has 5 rings (SSSR count). The monoisotopic (exact) mass is 527 g/mol. The van der Waals surface area contributed by atoms with E-state index in [9.17, 15) is 9.90 Å². The highest BCUT2D eigenvalue weighted by molar-refractivity contribution is 6.38. The Bertz CT molecular complexity index is 1640. The number of rotatable bonds is 5. The summed E-state index contributed by atoms with van der Waals surface area (Å²) >= 11 is 18.5. The van der Waals surface area contributed by atoms with E-state index in [4.69, 9.17) is 39.2 Å². The van der Waals surface area contributed by atoms with Crippen LogP contribution in [0.1, 0.15) is 11.7 Å². The summed E-state index contributed by atoms with van der Waals surface area (Å²) in [6.07, 6.45) is 4.37. The van der Waals surface area contributed by atoms with Gasteiger partial charge in [0.2, 0.25) is 5.89 Å². The van der Waals surface area contributed by atoms with E-state index in [1.165, 1.54) is 24.5 Å². The molecule has 0 aliphatic rings. The SMILES string of the molecule is O=c1cc(-c2nnc(/C=C/c3nnc(-c4ccc(Cl)c(O)c4Cl)n3-c3cccc(Cl)c3)o2)nc[nH]1. The van der Waals surface area contributed by atoms with Crippen molar-refractivity contribution >= 4 is 47.0 Å². The van der Waals surface area contributed by atoms with Gasteiger partial charge in [0.05, 0.1) is 22.1 Å². The molecule has 0 spiro atoms. The fourth-order valence-corrected chi connectivity index (χ4v) is 3.84. The maximum Gasteiger partial charge on any atom is 0.266 e. The summed E-state index contributed by atoms with van der Waals surface area (Å²) in [6.45, 7) is 0. The van der Waals surface area contributed by atoms with Gasteiger partial charge in [-0.25, -0.2) is 4.98 Å². The second kappa shape index (κ2) is 9.34. The maximum atomic E-state index is 11.5. The molecule has 0 unspecified atom stereocenters. The van der Waals surface area contributed by atoms with Crippen molar-refractivity contribution < 1.29 is 9.52 Å². The van der Waals surface area contributed by atoms with Gasteiger partial charge in [-0.05, 0) is 36.4 Å². The second-order valence-electron chi connectivity index (χ2n) is 7.03. The van der Waals surface area contributed by atoms with E-state index in [1.807, 2.05) is 6.07 Å². The van der Waals surface area contributed by atoms with Crippen molar-refractivity contribution in [1.29, 1.82) is 0 Å². The zero-order chi connectivity index (χ0) is 24.5. The number of aromatic nitrogens is 7. The molecule has 3 aromatic heterocycles. The number of hydrogen-bond donors (Lipinski definition) is 2. The van der Waals surface area contributed by atoms with Crippen LogP contribution in [0, 0.1) is 0 Å². The Morgan fingerprint density at radius 1 is 1.00 bits per heavy atom. The van der Waals surface area contributed by atoms with Gasteiger partial charge in [0.15, 0.2) is 17.4 Å². The number of aromatic hydroxyl groups is 1. The van der Waals surface area contributed by atoms with Crippen molar-refractivity contribution in [3.8, 4) is 34.4 Å². The van der Waals surface area contributed by atoms with Gasteiger partial charge >= 0.3 is 0 Å². The summed E-state index contributed by atoms with van der Waals surface area (Å²) in [6, 6.07) is 11.4. The molecule has 0 saturated heterocycles. The lowest BCUT2D eigenvalue weighted by atomic mass is 10.2. The summed E-state index contributed by atoms with van der Waals surface area (Å²) < 4.78 is 7.27. The molecular formula is C22H12Cl3N7O3. The van der Waals surface area contributed by atoms with E-state index in [0.717, 1.165) is 0 Å². The molecule has 13 heteroatoms. The zero-order valence-electron chi connectivity index (χ0n) is 17.4. The molecule has 10 nitrogen and oxygen atoms in total. The van der Waals surface area contributed by atoms with E-state index in [2.05, 4.69) is 30.4 Å². The van der Waals surface area contributed by atoms with Gasteiger partial charge in [-0.3, -0.25) is 9.36 Å². The Hall–Kier alpha value is -3.99. The van der Waals surface area contributed by atoms with E-state index in [-0.39, 0.29) is 38.8 Å². The van der Waals surface area contributed by atoms with Crippen molar-refractivity contribution in [3.05, 3.63) is 85.9 Å². The van der Waals surface area contributed by atoms with Crippen molar-refractivity contribution in [2.24, 2.45) is 0 Å². The first kappa shape index (κ1) is 22.8. The van der Waals surface area contributed by atoms with E-state index < -0.39 is 0 Å². The van der Waals surface area contributed by atoms with Crippen molar-refractivity contribution in [2.75, 3.05) is 0 Å². The van der Waals surface area contributed by atoms with Crippen molar-refractivity contribution in [3.63, 3.8) is 0 Å². The lowest BCUT2D eigenvalue weighted by Crippen LogP contribution is -2.04. The number of nitrogens with zero attached hydrogens (tertiary/aromatic N) is 6. The highest BCUT2D eigenvalue weighted by Crippen LogP contribution is 2.39. The number of phenolic OH excluding ortho intramolecular Hbond substituents is 1. The topological polar surface area (TPSA) is 136 Å². The van der Waals surface area contributed by atoms with Crippen molar-refractivity contribution in [1.82, 2.24) is 34.9 Å². The quantitative estimate of drug-likeness (QED) is 0.329. The van der Waals surface area contributed by atoms with E-state index in [0.29, 0.717) is 27.9 Å². The lowest BCUT2D eigenvalue weighted by Gasteiger charge is -2.11. The molecule has 0 bridgehead atoms. The van der Waals surface area contributed by atoms with Crippen LogP contribution >= 0.6 is 34.8 Å². The number of benzene rings is 2. The minimum Gasteiger partial charge on any atom is -0.505 e. The number of H-pyrrole nitrogens is 1. The predicted molar refractivity (Wildman–Crippen MR) is 131 cm³/mol. The number of hydrogen-bond acceptors (Lipinski definition) is 8. The van der Waals surface area contributed by atoms with E-state index in [1.54, 1.807) is 34.9 Å². The zero-order valence-corrected chi connectivity index (χ0v) is 19.6. The Labute approximate surface area is 211 Å². The Balaban J connectivity index is 1.58. The van der Waals surface area contributed by atoms with Crippen LogP contribution in [0.2, 0.25) is 15.1 Å². The third-order valence-corrected chi connectivity index (χ3v) is 5.70. The number of halogens is 3. The van der Waals surface area contributed by atoms with Crippen LogP contribution in [0.25, 0.3) is 40.8 Å². The summed E-state index contributed by atoms with van der Waals surface area (Å²) in [5.41, 5.74) is 0.935. The molecule has 0 saturated carbocycles. The van der Waals surface area contributed by atoms with E-state index >= 15 is 0 Å². The first-order valence-electron chi connectivity index (χ1n) is 9.86. The molecule has 0 atom stereocenters. The van der Waals surface area contributed by atoms with Crippen LogP contribution in [0.5, 0.6) is 5.75 Å². The molecule has 0 aliphatic carbocycles. The van der Waals surface area contributed by atoms with Crippen molar-refractivity contribution in [2.45, 2.75) is 0 Å². The van der Waals surface area contributed by atoms with Crippen LogP contribution in [0.15, 0.2) is 58.0 Å². The van der Waals surface area contributed by atoms with Gasteiger partial charge in [-0.2, -0.15) is 0 Å². The van der Waals surface area contributed by atoms with Gasteiger partial charge in [0.25, 0.3) is 11.4 Å². The highest BCUT2D eigenvalue weighted by Gasteiger charge is 2.20. The van der Waals surface area contributed by atoms with Crippen LogP contribution in [0.3, 0.4) is 0 Å². The Morgan fingerprint density at radius 3 is 2.66 bits per heavy atom. The molecule has 35 heavy (non-hydrogen) atoms. The van der Waals surface area contributed by atoms with Crippen LogP contribution < -0.4 is 5.56 Å². The van der Waals surface area contributed by atoms with Gasteiger partial charge < -0.3 is 14.5 Å². The molecule has 2 aromatic carbocycles. The predicted octanol–water partition coefficient (Wildman–Crippen LogP) is 4.90. The second-order valence-corrected chi connectivity index (χ2v) is 8.25.